The van der Waals surface area contributed by atoms with Crippen LogP contribution in [0.25, 0.3) is 0 Å². The molecule has 38 heavy (non-hydrogen) atoms. The van der Waals surface area contributed by atoms with Crippen LogP contribution < -0.4 is 20.1 Å². The Balaban J connectivity index is 1.32. The van der Waals surface area contributed by atoms with Gasteiger partial charge in [0.2, 0.25) is 11.9 Å². The van der Waals surface area contributed by atoms with E-state index in [4.69, 9.17) is 19.2 Å². The van der Waals surface area contributed by atoms with E-state index in [0.717, 1.165) is 50.7 Å². The quantitative estimate of drug-likeness (QED) is 0.502. The zero-order chi connectivity index (χ0) is 26.5. The van der Waals surface area contributed by atoms with Gasteiger partial charge in [-0.05, 0) is 30.7 Å². The van der Waals surface area contributed by atoms with Crippen molar-refractivity contribution in [1.82, 2.24) is 20.1 Å². The van der Waals surface area contributed by atoms with Gasteiger partial charge in [0.15, 0.2) is 11.5 Å². The number of morpholine rings is 1. The van der Waals surface area contributed by atoms with Crippen molar-refractivity contribution in [3.63, 3.8) is 0 Å². The number of hydrogen-bond acceptors (Lipinski definition) is 10. The van der Waals surface area contributed by atoms with E-state index < -0.39 is 0 Å². The lowest BCUT2D eigenvalue weighted by atomic mass is 10.1. The van der Waals surface area contributed by atoms with Crippen molar-refractivity contribution in [2.45, 2.75) is 13.3 Å². The fourth-order valence-electron chi connectivity index (χ4n) is 4.55. The van der Waals surface area contributed by atoms with Crippen LogP contribution in [0.15, 0.2) is 40.4 Å². The van der Waals surface area contributed by atoms with Crippen LogP contribution in [0.2, 0.25) is 0 Å². The number of hydrogen-bond donors (Lipinski definition) is 2. The number of methoxy groups -OCH3 is 1. The van der Waals surface area contributed by atoms with E-state index in [1.165, 1.54) is 13.1 Å². The Morgan fingerprint density at radius 2 is 1.95 bits per heavy atom. The van der Waals surface area contributed by atoms with Gasteiger partial charge in [0.05, 0.1) is 39.0 Å². The second-order valence-corrected chi connectivity index (χ2v) is 9.01. The number of benzene rings is 1. The number of aromatic nitrogens is 1. The smallest absolute Gasteiger partial charge is 0.259 e. The molecule has 0 bridgehead atoms. The van der Waals surface area contributed by atoms with Crippen LogP contribution in [0.3, 0.4) is 0 Å². The predicted octanol–water partition coefficient (Wildman–Crippen LogP) is 1.64. The van der Waals surface area contributed by atoms with Gasteiger partial charge < -0.3 is 19.5 Å². The maximum absolute atomic E-state index is 13.0. The summed E-state index contributed by atoms with van der Waals surface area (Å²) in [5, 5.41) is 5.47. The van der Waals surface area contributed by atoms with Gasteiger partial charge in [-0.2, -0.15) is 0 Å². The minimum atomic E-state index is -0.380. The van der Waals surface area contributed by atoms with Crippen molar-refractivity contribution in [3.05, 3.63) is 41.6 Å². The summed E-state index contributed by atoms with van der Waals surface area (Å²) in [4.78, 5) is 42.0. The first-order chi connectivity index (χ1) is 18.5. The molecule has 0 unspecified atom stereocenters. The number of amidine groups is 1. The fraction of sp³-hybridized carbons (Fsp3) is 0.423. The molecule has 1 saturated heterocycles. The molecule has 0 atom stereocenters. The highest BCUT2D eigenvalue weighted by Gasteiger charge is 2.33. The monoisotopic (exact) mass is 521 g/mol. The number of anilines is 1. The minimum Gasteiger partial charge on any atom is -0.491 e. The highest BCUT2D eigenvalue weighted by Crippen LogP contribution is 2.43. The summed E-state index contributed by atoms with van der Waals surface area (Å²) in [6.45, 7) is 7.48. The average Bonchev–Trinajstić information content (AvgIpc) is 3.42. The number of rotatable bonds is 8. The van der Waals surface area contributed by atoms with Crippen molar-refractivity contribution in [2.24, 2.45) is 9.98 Å². The largest absolute Gasteiger partial charge is 0.491 e. The van der Waals surface area contributed by atoms with Gasteiger partial charge in [-0.1, -0.05) is 0 Å². The molecule has 0 aliphatic carbocycles. The first-order valence-electron chi connectivity index (χ1n) is 12.6. The van der Waals surface area contributed by atoms with Crippen LogP contribution in [0.5, 0.6) is 11.5 Å². The highest BCUT2D eigenvalue weighted by molar-refractivity contribution is 6.20. The molecule has 200 valence electrons. The molecule has 1 fully saturated rings. The summed E-state index contributed by atoms with van der Waals surface area (Å²) in [5.41, 5.74) is 1.71. The van der Waals surface area contributed by atoms with Gasteiger partial charge >= 0.3 is 0 Å². The Hall–Kier alpha value is -4.03. The highest BCUT2D eigenvalue weighted by atomic mass is 16.5. The molecule has 1 aromatic heterocycles. The molecular weight excluding hydrogens is 490 g/mol. The Kier molecular flexibility index (Phi) is 7.80. The Bertz CT molecular complexity index is 1260. The molecule has 4 heterocycles. The summed E-state index contributed by atoms with van der Waals surface area (Å²) < 4.78 is 17.2. The number of ether oxygens (including phenoxy) is 3. The molecule has 3 aliphatic heterocycles. The normalized spacial score (nSPS) is 16.6. The fourth-order valence-corrected chi connectivity index (χ4v) is 4.55. The molecule has 2 aromatic rings. The summed E-state index contributed by atoms with van der Waals surface area (Å²) in [6, 6.07) is 6.97. The lowest BCUT2D eigenvalue weighted by Gasteiger charge is -2.29. The number of carbonyl (C=O) groups is 2. The molecule has 0 spiro atoms. The van der Waals surface area contributed by atoms with E-state index in [0.29, 0.717) is 54.2 Å². The third-order valence-electron chi connectivity index (χ3n) is 6.39. The van der Waals surface area contributed by atoms with Crippen molar-refractivity contribution < 1.29 is 23.8 Å². The van der Waals surface area contributed by atoms with Crippen LogP contribution in [0, 0.1) is 0 Å². The molecule has 1 aromatic carbocycles. The second-order valence-electron chi connectivity index (χ2n) is 9.01. The van der Waals surface area contributed by atoms with Gasteiger partial charge in [-0.15, -0.1) is 0 Å². The third kappa shape index (κ3) is 5.60. The van der Waals surface area contributed by atoms with Crippen LogP contribution in [0.4, 0.5) is 11.5 Å². The van der Waals surface area contributed by atoms with E-state index in [2.05, 4.69) is 25.5 Å². The van der Waals surface area contributed by atoms with Crippen LogP contribution >= 0.6 is 0 Å². The minimum absolute atomic E-state index is 0.236. The maximum atomic E-state index is 13.0. The van der Waals surface area contributed by atoms with Gasteiger partial charge in [-0.3, -0.25) is 29.7 Å². The number of pyridine rings is 1. The lowest BCUT2D eigenvalue weighted by Crippen LogP contribution is -2.47. The molecule has 3 aliphatic rings. The van der Waals surface area contributed by atoms with Crippen molar-refractivity contribution >= 4 is 35.1 Å². The predicted molar refractivity (Wildman–Crippen MR) is 142 cm³/mol. The molecule has 0 radical (unpaired) electrons. The molecule has 5 rings (SSSR count). The number of aliphatic imine (C=N–C) groups is 2. The van der Waals surface area contributed by atoms with Crippen LogP contribution in [-0.4, -0.2) is 98.0 Å². The number of guanidine groups is 1. The standard InChI is InChI=1S/C26H31N7O5/c1-17(34)29-21-7-4-18(16-28-21)25(35)31-26-30-22-19(24-27-8-10-33(24)26)5-6-20(23(22)36-2)38-13-3-9-32-11-14-37-15-12-32/h4-7,16H,3,8-15H2,1-2H3,(H,28,29,34)(H,30,31,35). The third-order valence-corrected chi connectivity index (χ3v) is 6.39. The van der Waals surface area contributed by atoms with Gasteiger partial charge in [0, 0.05) is 44.9 Å². The van der Waals surface area contributed by atoms with Crippen molar-refractivity contribution in [2.75, 3.05) is 65.0 Å². The van der Waals surface area contributed by atoms with E-state index >= 15 is 0 Å². The molecule has 12 nitrogen and oxygen atoms in total. The summed E-state index contributed by atoms with van der Waals surface area (Å²) in [6.07, 6.45) is 2.28. The molecule has 2 amide bonds. The van der Waals surface area contributed by atoms with Crippen molar-refractivity contribution in [1.29, 1.82) is 0 Å². The zero-order valence-electron chi connectivity index (χ0n) is 21.5. The van der Waals surface area contributed by atoms with Gasteiger partial charge in [0.25, 0.3) is 5.91 Å². The Labute approximate surface area is 220 Å². The summed E-state index contributed by atoms with van der Waals surface area (Å²) >= 11 is 0. The Morgan fingerprint density at radius 3 is 2.68 bits per heavy atom. The molecular formula is C26H31N7O5. The van der Waals surface area contributed by atoms with Crippen LogP contribution in [-0.2, 0) is 9.53 Å². The Morgan fingerprint density at radius 1 is 1.11 bits per heavy atom. The second kappa shape index (κ2) is 11.6. The zero-order valence-corrected chi connectivity index (χ0v) is 21.5. The van der Waals surface area contributed by atoms with E-state index in [1.54, 1.807) is 19.2 Å². The number of amides is 2. The number of fused-ring (bicyclic) bond motifs is 3. The molecule has 2 N–H and O–H groups in total. The van der Waals surface area contributed by atoms with Crippen molar-refractivity contribution in [3.8, 4) is 11.5 Å². The van der Waals surface area contributed by atoms with E-state index in [-0.39, 0.29) is 11.8 Å². The summed E-state index contributed by atoms with van der Waals surface area (Å²) in [7, 11) is 1.58. The average molecular weight is 522 g/mol. The molecule has 12 heteroatoms. The number of carbonyl (C=O) groups excluding carboxylic acids is 2. The van der Waals surface area contributed by atoms with E-state index in [9.17, 15) is 9.59 Å². The van der Waals surface area contributed by atoms with E-state index in [1.807, 2.05) is 17.0 Å². The lowest BCUT2D eigenvalue weighted by molar-refractivity contribution is -0.114. The van der Waals surface area contributed by atoms with Gasteiger partial charge in [0.1, 0.15) is 17.3 Å². The maximum Gasteiger partial charge on any atom is 0.259 e. The topological polar surface area (TPSA) is 130 Å². The van der Waals surface area contributed by atoms with Crippen LogP contribution in [0.1, 0.15) is 29.3 Å². The number of nitrogens with zero attached hydrogens (tertiary/aromatic N) is 5. The first kappa shape index (κ1) is 25.6. The first-order valence-corrected chi connectivity index (χ1v) is 12.6. The number of nitrogens with one attached hydrogen (secondary N) is 2. The van der Waals surface area contributed by atoms with Gasteiger partial charge in [-0.25, -0.2) is 9.98 Å². The summed E-state index contributed by atoms with van der Waals surface area (Å²) in [5.74, 6) is 1.92. The SMILES string of the molecule is COc1c(OCCCN2CCOCC2)ccc2c1N=C(NC(=O)c1ccc(NC(C)=O)nc1)N1CCN=C21. The molecule has 0 saturated carbocycles.